The second-order valence-corrected chi connectivity index (χ2v) is 4.63. The maximum atomic E-state index is 10.7. The third-order valence-corrected chi connectivity index (χ3v) is 3.17. The zero-order valence-corrected chi connectivity index (χ0v) is 10.8. The van der Waals surface area contributed by atoms with Gasteiger partial charge in [0.25, 0.3) is 0 Å². The molecule has 0 aromatic carbocycles. The maximum absolute atomic E-state index is 10.7. The molecule has 6 heteroatoms. The van der Waals surface area contributed by atoms with Gasteiger partial charge in [-0.05, 0) is 18.9 Å². The molecule has 1 saturated carbocycles. The van der Waals surface area contributed by atoms with Crippen molar-refractivity contribution < 1.29 is 14.6 Å². The van der Waals surface area contributed by atoms with Gasteiger partial charge in [0.2, 0.25) is 5.95 Å². The van der Waals surface area contributed by atoms with E-state index in [9.17, 15) is 4.79 Å². The summed E-state index contributed by atoms with van der Waals surface area (Å²) in [5, 5.41) is 11.8. The van der Waals surface area contributed by atoms with Crippen molar-refractivity contribution in [3.8, 4) is 0 Å². The number of nitrogens with zero attached hydrogens (tertiary/aromatic N) is 2. The Morgan fingerprint density at radius 2 is 2.21 bits per heavy atom. The summed E-state index contributed by atoms with van der Waals surface area (Å²) in [5.74, 6) is -0.726. The van der Waals surface area contributed by atoms with E-state index >= 15 is 0 Å². The van der Waals surface area contributed by atoms with Crippen molar-refractivity contribution in [3.05, 3.63) is 18.0 Å². The van der Waals surface area contributed by atoms with Crippen LogP contribution in [0.15, 0.2) is 12.3 Å². The minimum absolute atomic E-state index is 0.00861. The standard InChI is InChI=1S/C13H19N3O3/c17-12(18)11-6-7-14-13(16-11)15-8-9-19-10-4-2-1-3-5-10/h6-7,10H,1-5,8-9H2,(H,17,18)(H,14,15,16). The molecule has 1 fully saturated rings. The van der Waals surface area contributed by atoms with Crippen molar-refractivity contribution in [2.24, 2.45) is 0 Å². The molecule has 2 N–H and O–H groups in total. The van der Waals surface area contributed by atoms with E-state index in [0.29, 0.717) is 25.2 Å². The third kappa shape index (κ3) is 4.48. The van der Waals surface area contributed by atoms with Gasteiger partial charge in [0.1, 0.15) is 0 Å². The first-order valence-electron chi connectivity index (χ1n) is 6.67. The number of hydrogen-bond donors (Lipinski definition) is 2. The fraction of sp³-hybridized carbons (Fsp3) is 0.615. The van der Waals surface area contributed by atoms with Gasteiger partial charge in [-0.15, -0.1) is 0 Å². The molecule has 6 nitrogen and oxygen atoms in total. The number of rotatable bonds is 6. The first-order chi connectivity index (χ1) is 9.25. The first-order valence-corrected chi connectivity index (χ1v) is 6.67. The Labute approximate surface area is 112 Å². The Balaban J connectivity index is 1.70. The average Bonchev–Trinajstić information content (AvgIpc) is 2.45. The highest BCUT2D eigenvalue weighted by Gasteiger charge is 2.13. The summed E-state index contributed by atoms with van der Waals surface area (Å²) in [5.41, 5.74) is -0.00861. The number of hydrogen-bond acceptors (Lipinski definition) is 5. The molecule has 0 saturated heterocycles. The van der Waals surface area contributed by atoms with Crippen molar-refractivity contribution in [2.45, 2.75) is 38.2 Å². The Bertz CT molecular complexity index is 419. The maximum Gasteiger partial charge on any atom is 0.354 e. The van der Waals surface area contributed by atoms with Crippen LogP contribution >= 0.6 is 0 Å². The molecular weight excluding hydrogens is 246 g/mol. The summed E-state index contributed by atoms with van der Waals surface area (Å²) in [6.07, 6.45) is 7.91. The molecule has 0 radical (unpaired) electrons. The number of carbonyl (C=O) groups is 1. The van der Waals surface area contributed by atoms with Crippen LogP contribution in [-0.2, 0) is 4.74 Å². The molecule has 1 aliphatic rings. The molecule has 0 bridgehead atoms. The number of aromatic carboxylic acids is 1. The Morgan fingerprint density at radius 3 is 2.95 bits per heavy atom. The van der Waals surface area contributed by atoms with Crippen LogP contribution in [0.4, 0.5) is 5.95 Å². The highest BCUT2D eigenvalue weighted by molar-refractivity contribution is 5.85. The number of nitrogens with one attached hydrogen (secondary N) is 1. The minimum Gasteiger partial charge on any atom is -0.477 e. The van der Waals surface area contributed by atoms with Gasteiger partial charge in [-0.3, -0.25) is 0 Å². The van der Waals surface area contributed by atoms with E-state index in [0.717, 1.165) is 12.8 Å². The van der Waals surface area contributed by atoms with Crippen LogP contribution in [-0.4, -0.2) is 40.3 Å². The summed E-state index contributed by atoms with van der Waals surface area (Å²) in [4.78, 5) is 18.6. The van der Waals surface area contributed by atoms with E-state index in [1.165, 1.54) is 31.5 Å². The second-order valence-electron chi connectivity index (χ2n) is 4.63. The van der Waals surface area contributed by atoms with Gasteiger partial charge in [-0.1, -0.05) is 19.3 Å². The van der Waals surface area contributed by atoms with Crippen molar-refractivity contribution in [1.82, 2.24) is 9.97 Å². The Morgan fingerprint density at radius 1 is 1.42 bits per heavy atom. The van der Waals surface area contributed by atoms with Crippen molar-refractivity contribution in [2.75, 3.05) is 18.5 Å². The number of carboxylic acids is 1. The van der Waals surface area contributed by atoms with Crippen LogP contribution < -0.4 is 5.32 Å². The lowest BCUT2D eigenvalue weighted by molar-refractivity contribution is 0.0347. The molecule has 0 amide bonds. The van der Waals surface area contributed by atoms with Gasteiger partial charge in [-0.25, -0.2) is 14.8 Å². The normalized spacial score (nSPS) is 16.2. The number of ether oxygens (including phenoxy) is 1. The van der Waals surface area contributed by atoms with Crippen LogP contribution in [0, 0.1) is 0 Å². The van der Waals surface area contributed by atoms with Crippen molar-refractivity contribution >= 4 is 11.9 Å². The summed E-state index contributed by atoms with van der Waals surface area (Å²) < 4.78 is 5.75. The largest absolute Gasteiger partial charge is 0.477 e. The van der Waals surface area contributed by atoms with Gasteiger partial charge >= 0.3 is 5.97 Å². The van der Waals surface area contributed by atoms with Crippen molar-refractivity contribution in [3.63, 3.8) is 0 Å². The molecule has 0 atom stereocenters. The van der Waals surface area contributed by atoms with Crippen molar-refractivity contribution in [1.29, 1.82) is 0 Å². The molecule has 0 aliphatic heterocycles. The Kier molecular flexibility index (Phi) is 5.09. The first kappa shape index (κ1) is 13.7. The van der Waals surface area contributed by atoms with Gasteiger partial charge in [0.05, 0.1) is 12.7 Å². The smallest absolute Gasteiger partial charge is 0.354 e. The highest BCUT2D eigenvalue weighted by Crippen LogP contribution is 2.19. The summed E-state index contributed by atoms with van der Waals surface area (Å²) in [6.45, 7) is 1.17. The average molecular weight is 265 g/mol. The lowest BCUT2D eigenvalue weighted by Crippen LogP contribution is -2.21. The van der Waals surface area contributed by atoms with E-state index in [-0.39, 0.29) is 5.69 Å². The van der Waals surface area contributed by atoms with Crippen LogP contribution in [0.5, 0.6) is 0 Å². The van der Waals surface area contributed by atoms with E-state index in [2.05, 4.69) is 15.3 Å². The van der Waals surface area contributed by atoms with Gasteiger partial charge in [-0.2, -0.15) is 0 Å². The molecule has 0 spiro atoms. The highest BCUT2D eigenvalue weighted by atomic mass is 16.5. The molecule has 2 rings (SSSR count). The molecule has 19 heavy (non-hydrogen) atoms. The lowest BCUT2D eigenvalue weighted by atomic mass is 9.98. The minimum atomic E-state index is -1.05. The van der Waals surface area contributed by atoms with Gasteiger partial charge < -0.3 is 15.2 Å². The van der Waals surface area contributed by atoms with Crippen LogP contribution in [0.1, 0.15) is 42.6 Å². The third-order valence-electron chi connectivity index (χ3n) is 3.17. The quantitative estimate of drug-likeness (QED) is 0.765. The van der Waals surface area contributed by atoms with E-state index in [1.54, 1.807) is 0 Å². The fourth-order valence-corrected chi connectivity index (χ4v) is 2.18. The zero-order chi connectivity index (χ0) is 13.5. The van der Waals surface area contributed by atoms with Crippen LogP contribution in [0.3, 0.4) is 0 Å². The number of carboxylic acid groups (broad SMARTS) is 1. The molecule has 1 heterocycles. The summed E-state index contributed by atoms with van der Waals surface area (Å²) >= 11 is 0. The predicted octanol–water partition coefficient (Wildman–Crippen LogP) is 1.94. The summed E-state index contributed by atoms with van der Waals surface area (Å²) in [6, 6.07) is 1.37. The lowest BCUT2D eigenvalue weighted by Gasteiger charge is -2.21. The van der Waals surface area contributed by atoms with Gasteiger partial charge in [0.15, 0.2) is 5.69 Å². The molecular formula is C13H19N3O3. The summed E-state index contributed by atoms with van der Waals surface area (Å²) in [7, 11) is 0. The molecule has 1 aliphatic carbocycles. The zero-order valence-electron chi connectivity index (χ0n) is 10.8. The van der Waals surface area contributed by atoms with E-state index in [4.69, 9.17) is 9.84 Å². The van der Waals surface area contributed by atoms with E-state index in [1.807, 2.05) is 0 Å². The molecule has 1 aromatic rings. The molecule has 0 unspecified atom stereocenters. The molecule has 1 aromatic heterocycles. The topological polar surface area (TPSA) is 84.3 Å². The number of aromatic nitrogens is 2. The van der Waals surface area contributed by atoms with Crippen LogP contribution in [0.2, 0.25) is 0 Å². The number of anilines is 1. The van der Waals surface area contributed by atoms with Crippen LogP contribution in [0.25, 0.3) is 0 Å². The Hall–Kier alpha value is -1.69. The second kappa shape index (κ2) is 7.04. The monoisotopic (exact) mass is 265 g/mol. The molecule has 104 valence electrons. The predicted molar refractivity (Wildman–Crippen MR) is 70.3 cm³/mol. The SMILES string of the molecule is O=C(O)c1ccnc(NCCOC2CCCCC2)n1. The van der Waals surface area contributed by atoms with Gasteiger partial charge in [0, 0.05) is 12.7 Å². The fourth-order valence-electron chi connectivity index (χ4n) is 2.18. The van der Waals surface area contributed by atoms with E-state index < -0.39 is 5.97 Å².